The molecule has 0 saturated heterocycles. The number of aliphatic hydroxyl groups is 1. The maximum atomic E-state index is 11.4. The Balaban J connectivity index is 2.80. The monoisotopic (exact) mass is 279 g/mol. The number of nitrogens with one attached hydrogen (secondary N) is 1. The normalized spacial score (nSPS) is 13.3. The summed E-state index contributed by atoms with van der Waals surface area (Å²) in [5.41, 5.74) is 0.705. The fourth-order valence-electron chi connectivity index (χ4n) is 1.83. The Hall–Kier alpha value is -1.85. The Kier molecular flexibility index (Phi) is 6.76. The molecule has 1 aromatic rings. The van der Waals surface area contributed by atoms with Crippen molar-refractivity contribution in [3.8, 4) is 5.75 Å². The van der Waals surface area contributed by atoms with E-state index in [4.69, 9.17) is 4.74 Å². The van der Waals surface area contributed by atoms with Crippen LogP contribution in [0.4, 0.5) is 0 Å². The summed E-state index contributed by atoms with van der Waals surface area (Å²) < 4.78 is 9.72. The summed E-state index contributed by atoms with van der Waals surface area (Å²) in [4.78, 5) is 11.4. The molecule has 0 aliphatic rings. The highest BCUT2D eigenvalue weighted by Crippen LogP contribution is 2.22. The quantitative estimate of drug-likeness (QED) is 0.556. The van der Waals surface area contributed by atoms with Crippen LogP contribution >= 0.6 is 0 Å². The van der Waals surface area contributed by atoms with Crippen LogP contribution < -0.4 is 10.1 Å². The fraction of sp³-hybridized carbons (Fsp3) is 0.400. The number of hydrogen-bond acceptors (Lipinski definition) is 5. The van der Waals surface area contributed by atoms with Gasteiger partial charge in [-0.2, -0.15) is 0 Å². The number of benzene rings is 1. The molecule has 5 nitrogen and oxygen atoms in total. The number of aliphatic hydroxyl groups excluding tert-OH is 1. The van der Waals surface area contributed by atoms with E-state index >= 15 is 0 Å². The Labute approximate surface area is 119 Å². The standard InChI is InChI=1S/C15H21NO4/c1-4-9-16-13(10-14(17)20-3)15(18)11-5-7-12(19-2)8-6-11/h4-8,13,15-16,18H,1,9-10H2,2-3H3. The number of hydrogen-bond donors (Lipinski definition) is 2. The molecule has 0 spiro atoms. The van der Waals surface area contributed by atoms with E-state index in [0.29, 0.717) is 17.9 Å². The maximum absolute atomic E-state index is 11.4. The van der Waals surface area contributed by atoms with Gasteiger partial charge in [0, 0.05) is 12.6 Å². The lowest BCUT2D eigenvalue weighted by Gasteiger charge is -2.23. The summed E-state index contributed by atoms with van der Waals surface area (Å²) in [6, 6.07) is 6.63. The molecule has 0 saturated carbocycles. The summed E-state index contributed by atoms with van der Waals surface area (Å²) in [5.74, 6) is 0.337. The lowest BCUT2D eigenvalue weighted by atomic mass is 9.99. The van der Waals surface area contributed by atoms with Gasteiger partial charge in [0.05, 0.1) is 26.7 Å². The Morgan fingerprint density at radius 1 is 1.40 bits per heavy atom. The van der Waals surface area contributed by atoms with E-state index in [0.717, 1.165) is 0 Å². The predicted molar refractivity (Wildman–Crippen MR) is 76.6 cm³/mol. The molecule has 20 heavy (non-hydrogen) atoms. The second-order valence-corrected chi connectivity index (χ2v) is 4.30. The molecule has 2 unspecified atom stereocenters. The number of carbonyl (C=O) groups is 1. The van der Waals surface area contributed by atoms with Crippen LogP contribution in [0, 0.1) is 0 Å². The number of rotatable bonds is 8. The zero-order valence-corrected chi connectivity index (χ0v) is 11.8. The summed E-state index contributed by atoms with van der Waals surface area (Å²) in [7, 11) is 2.91. The van der Waals surface area contributed by atoms with Gasteiger partial charge in [0.2, 0.25) is 0 Å². The summed E-state index contributed by atoms with van der Waals surface area (Å²) in [6.07, 6.45) is 0.933. The van der Waals surface area contributed by atoms with Crippen LogP contribution in [-0.4, -0.2) is 37.9 Å². The first kappa shape index (κ1) is 16.2. The van der Waals surface area contributed by atoms with Crippen LogP contribution in [0.3, 0.4) is 0 Å². The number of esters is 1. The molecule has 0 amide bonds. The van der Waals surface area contributed by atoms with Crippen molar-refractivity contribution in [2.75, 3.05) is 20.8 Å². The third-order valence-corrected chi connectivity index (χ3v) is 2.98. The average Bonchev–Trinajstić information content (AvgIpc) is 2.50. The van der Waals surface area contributed by atoms with Gasteiger partial charge in [-0.3, -0.25) is 4.79 Å². The summed E-state index contributed by atoms with van der Waals surface area (Å²) in [6.45, 7) is 4.10. The molecule has 5 heteroatoms. The highest BCUT2D eigenvalue weighted by atomic mass is 16.5. The molecule has 0 heterocycles. The van der Waals surface area contributed by atoms with Gasteiger partial charge in [-0.1, -0.05) is 18.2 Å². The van der Waals surface area contributed by atoms with Gasteiger partial charge < -0.3 is 19.9 Å². The van der Waals surface area contributed by atoms with Crippen molar-refractivity contribution in [3.05, 3.63) is 42.5 Å². The maximum Gasteiger partial charge on any atom is 0.307 e. The SMILES string of the molecule is C=CCNC(CC(=O)OC)C(O)c1ccc(OC)cc1. The lowest BCUT2D eigenvalue weighted by Crippen LogP contribution is -2.37. The zero-order valence-electron chi connectivity index (χ0n) is 11.8. The molecule has 0 aliphatic carbocycles. The molecular weight excluding hydrogens is 258 g/mol. The largest absolute Gasteiger partial charge is 0.497 e. The van der Waals surface area contributed by atoms with Gasteiger partial charge in [-0.25, -0.2) is 0 Å². The first-order chi connectivity index (χ1) is 9.62. The van der Waals surface area contributed by atoms with E-state index in [1.54, 1.807) is 37.5 Å². The minimum absolute atomic E-state index is 0.0809. The molecule has 0 bridgehead atoms. The first-order valence-electron chi connectivity index (χ1n) is 6.35. The molecule has 2 N–H and O–H groups in total. The molecular formula is C15H21NO4. The van der Waals surface area contributed by atoms with E-state index in [1.807, 2.05) is 0 Å². The van der Waals surface area contributed by atoms with E-state index in [9.17, 15) is 9.90 Å². The van der Waals surface area contributed by atoms with Gasteiger partial charge in [0.25, 0.3) is 0 Å². The van der Waals surface area contributed by atoms with Gasteiger partial charge in [-0.05, 0) is 17.7 Å². The molecule has 110 valence electrons. The third-order valence-electron chi connectivity index (χ3n) is 2.98. The van der Waals surface area contributed by atoms with Crippen LogP contribution in [-0.2, 0) is 9.53 Å². The van der Waals surface area contributed by atoms with Gasteiger partial charge in [0.1, 0.15) is 5.75 Å². The minimum Gasteiger partial charge on any atom is -0.497 e. The molecule has 0 radical (unpaired) electrons. The van der Waals surface area contributed by atoms with Crippen LogP contribution in [0.25, 0.3) is 0 Å². The van der Waals surface area contributed by atoms with Crippen LogP contribution in [0.2, 0.25) is 0 Å². The average molecular weight is 279 g/mol. The van der Waals surface area contributed by atoms with Crippen molar-refractivity contribution < 1.29 is 19.4 Å². The Bertz CT molecular complexity index is 430. The predicted octanol–water partition coefficient (Wildman–Crippen LogP) is 1.44. The van der Waals surface area contributed by atoms with Crippen molar-refractivity contribution in [2.24, 2.45) is 0 Å². The third kappa shape index (κ3) is 4.68. The highest BCUT2D eigenvalue weighted by molar-refractivity contribution is 5.70. The van der Waals surface area contributed by atoms with E-state index in [2.05, 4.69) is 16.6 Å². The fourth-order valence-corrected chi connectivity index (χ4v) is 1.83. The van der Waals surface area contributed by atoms with Crippen LogP contribution in [0.1, 0.15) is 18.1 Å². The molecule has 1 rings (SSSR count). The second kappa shape index (κ2) is 8.35. The van der Waals surface area contributed by atoms with Crippen molar-refractivity contribution >= 4 is 5.97 Å². The van der Waals surface area contributed by atoms with Gasteiger partial charge in [-0.15, -0.1) is 6.58 Å². The van der Waals surface area contributed by atoms with Crippen LogP contribution in [0.15, 0.2) is 36.9 Å². The van der Waals surface area contributed by atoms with E-state index in [1.165, 1.54) is 7.11 Å². The molecule has 2 atom stereocenters. The van der Waals surface area contributed by atoms with Crippen molar-refractivity contribution in [2.45, 2.75) is 18.6 Å². The lowest BCUT2D eigenvalue weighted by molar-refractivity contribution is -0.142. The van der Waals surface area contributed by atoms with Gasteiger partial charge >= 0.3 is 5.97 Å². The number of ether oxygens (including phenoxy) is 2. The summed E-state index contributed by atoms with van der Waals surface area (Å²) in [5, 5.41) is 13.4. The number of methoxy groups -OCH3 is 2. The van der Waals surface area contributed by atoms with E-state index < -0.39 is 12.1 Å². The Morgan fingerprint density at radius 2 is 2.05 bits per heavy atom. The molecule has 0 fully saturated rings. The second-order valence-electron chi connectivity index (χ2n) is 4.30. The molecule has 1 aromatic carbocycles. The van der Waals surface area contributed by atoms with E-state index in [-0.39, 0.29) is 12.4 Å². The van der Waals surface area contributed by atoms with Crippen molar-refractivity contribution in [1.29, 1.82) is 0 Å². The topological polar surface area (TPSA) is 67.8 Å². The highest BCUT2D eigenvalue weighted by Gasteiger charge is 2.23. The smallest absolute Gasteiger partial charge is 0.307 e. The van der Waals surface area contributed by atoms with Gasteiger partial charge in [0.15, 0.2) is 0 Å². The molecule has 0 aromatic heterocycles. The Morgan fingerprint density at radius 3 is 2.55 bits per heavy atom. The first-order valence-corrected chi connectivity index (χ1v) is 6.35. The van der Waals surface area contributed by atoms with Crippen LogP contribution in [0.5, 0.6) is 5.75 Å². The van der Waals surface area contributed by atoms with Crippen molar-refractivity contribution in [3.63, 3.8) is 0 Å². The summed E-state index contributed by atoms with van der Waals surface area (Å²) >= 11 is 0. The minimum atomic E-state index is -0.819. The zero-order chi connectivity index (χ0) is 15.0. The number of carbonyl (C=O) groups excluding carboxylic acids is 1. The van der Waals surface area contributed by atoms with Crippen molar-refractivity contribution in [1.82, 2.24) is 5.32 Å². The molecule has 0 aliphatic heterocycles.